The van der Waals surface area contributed by atoms with Gasteiger partial charge < -0.3 is 4.57 Å². The maximum Gasteiger partial charge on any atom is 0.291 e. The maximum absolute atomic E-state index is 10.3. The van der Waals surface area contributed by atoms with Gasteiger partial charge in [0.25, 0.3) is 5.69 Å². The van der Waals surface area contributed by atoms with Gasteiger partial charge in [0, 0.05) is 19.3 Å². The zero-order chi connectivity index (χ0) is 8.43. The Morgan fingerprint density at radius 1 is 1.82 bits per heavy atom. The fourth-order valence-electron chi connectivity index (χ4n) is 0.878. The van der Waals surface area contributed by atoms with Gasteiger partial charge in [0.2, 0.25) is 0 Å². The van der Waals surface area contributed by atoms with Gasteiger partial charge in [0.1, 0.15) is 5.69 Å². The fourth-order valence-corrected chi connectivity index (χ4v) is 1.20. The average molecular weight is 175 g/mol. The molecule has 0 aliphatic rings. The van der Waals surface area contributed by atoms with Gasteiger partial charge in [-0.25, -0.2) is 0 Å². The summed E-state index contributed by atoms with van der Waals surface area (Å²) in [5.41, 5.74) is 0.624. The van der Waals surface area contributed by atoms with E-state index in [-0.39, 0.29) is 11.6 Å². The molecular weight excluding hydrogens is 168 g/mol. The lowest BCUT2D eigenvalue weighted by Crippen LogP contribution is -1.95. The Hall–Kier alpha value is -1.03. The second kappa shape index (κ2) is 2.92. The summed E-state index contributed by atoms with van der Waals surface area (Å²) in [7, 11) is 1.73. The van der Waals surface area contributed by atoms with Crippen molar-refractivity contribution < 1.29 is 4.92 Å². The van der Waals surface area contributed by atoms with Gasteiger partial charge >= 0.3 is 0 Å². The van der Waals surface area contributed by atoms with Crippen LogP contribution in [0.4, 0.5) is 5.69 Å². The van der Waals surface area contributed by atoms with Crippen LogP contribution in [-0.4, -0.2) is 9.49 Å². The Labute approximate surface area is 68.5 Å². The fraction of sp³-hybridized carbons (Fsp3) is 0.333. The number of aromatic nitrogens is 1. The van der Waals surface area contributed by atoms with Gasteiger partial charge in [-0.15, -0.1) is 11.6 Å². The minimum Gasteiger partial charge on any atom is -0.348 e. The van der Waals surface area contributed by atoms with Crippen molar-refractivity contribution in [3.05, 3.63) is 28.1 Å². The predicted octanol–water partition coefficient (Wildman–Crippen LogP) is 1.67. The second-order valence-corrected chi connectivity index (χ2v) is 2.42. The number of halogens is 1. The molecule has 0 saturated heterocycles. The highest BCUT2D eigenvalue weighted by Crippen LogP contribution is 2.20. The van der Waals surface area contributed by atoms with Crippen LogP contribution < -0.4 is 0 Å². The first-order chi connectivity index (χ1) is 5.16. The van der Waals surface area contributed by atoms with Gasteiger partial charge in [-0.05, 0) is 0 Å². The Balaban J connectivity index is 3.15. The summed E-state index contributed by atoms with van der Waals surface area (Å²) in [6.45, 7) is 0. The highest BCUT2D eigenvalue weighted by atomic mass is 35.5. The molecule has 0 fully saturated rings. The molecule has 0 unspecified atom stereocenters. The third kappa shape index (κ3) is 1.35. The summed E-state index contributed by atoms with van der Waals surface area (Å²) in [5, 5.41) is 10.3. The molecule has 0 amide bonds. The van der Waals surface area contributed by atoms with Gasteiger partial charge in [-0.3, -0.25) is 10.1 Å². The molecule has 0 spiro atoms. The molecule has 0 N–H and O–H groups in total. The van der Waals surface area contributed by atoms with Crippen molar-refractivity contribution in [1.29, 1.82) is 0 Å². The normalized spacial score (nSPS) is 10.0. The van der Waals surface area contributed by atoms with Gasteiger partial charge in [-0.1, -0.05) is 0 Å². The van der Waals surface area contributed by atoms with E-state index in [4.69, 9.17) is 11.6 Å². The van der Waals surface area contributed by atoms with E-state index in [1.54, 1.807) is 17.8 Å². The molecule has 0 aliphatic heterocycles. The van der Waals surface area contributed by atoms with E-state index < -0.39 is 4.92 Å². The van der Waals surface area contributed by atoms with Gasteiger partial charge in [0.05, 0.1) is 10.8 Å². The van der Waals surface area contributed by atoms with Gasteiger partial charge in [0.15, 0.2) is 0 Å². The lowest BCUT2D eigenvalue weighted by molar-refractivity contribution is -0.385. The molecule has 0 aliphatic carbocycles. The van der Waals surface area contributed by atoms with Crippen molar-refractivity contribution in [2.75, 3.05) is 0 Å². The van der Waals surface area contributed by atoms with Crippen molar-refractivity contribution >= 4 is 17.3 Å². The molecule has 0 bridgehead atoms. The van der Waals surface area contributed by atoms with Crippen molar-refractivity contribution in [2.45, 2.75) is 5.88 Å². The van der Waals surface area contributed by atoms with Crippen LogP contribution >= 0.6 is 11.6 Å². The number of nitrogens with zero attached hydrogens (tertiary/aromatic N) is 2. The standard InChI is InChI=1S/C6H7ClN2O2/c1-8-3-2-5(9(10)11)6(8)4-7/h2-3H,4H2,1H3. The van der Waals surface area contributed by atoms with E-state index >= 15 is 0 Å². The molecule has 1 aromatic rings. The topological polar surface area (TPSA) is 48.1 Å². The predicted molar refractivity (Wildman–Crippen MR) is 41.6 cm³/mol. The highest BCUT2D eigenvalue weighted by Gasteiger charge is 2.15. The molecule has 0 atom stereocenters. The quantitative estimate of drug-likeness (QED) is 0.389. The zero-order valence-electron chi connectivity index (χ0n) is 5.95. The van der Waals surface area contributed by atoms with Gasteiger partial charge in [-0.2, -0.15) is 0 Å². The van der Waals surface area contributed by atoms with Crippen LogP contribution in [0.25, 0.3) is 0 Å². The summed E-state index contributed by atoms with van der Waals surface area (Å²) in [6, 6.07) is 1.44. The number of nitro groups is 1. The van der Waals surface area contributed by atoms with Crippen molar-refractivity contribution in [3.8, 4) is 0 Å². The second-order valence-electron chi connectivity index (χ2n) is 2.15. The van der Waals surface area contributed by atoms with Crippen LogP contribution in [0.5, 0.6) is 0 Å². The molecule has 4 nitrogen and oxygen atoms in total. The molecule has 0 saturated carbocycles. The number of aryl methyl sites for hydroxylation is 1. The van der Waals surface area contributed by atoms with Crippen molar-refractivity contribution in [1.82, 2.24) is 4.57 Å². The Morgan fingerprint density at radius 3 is 2.82 bits per heavy atom. The summed E-state index contributed by atoms with van der Waals surface area (Å²) >= 11 is 5.50. The largest absolute Gasteiger partial charge is 0.348 e. The first-order valence-corrected chi connectivity index (χ1v) is 3.55. The lowest BCUT2D eigenvalue weighted by atomic mass is 10.4. The third-order valence-electron chi connectivity index (χ3n) is 1.50. The monoisotopic (exact) mass is 174 g/mol. The van der Waals surface area contributed by atoms with E-state index in [0.717, 1.165) is 0 Å². The van der Waals surface area contributed by atoms with E-state index in [1.807, 2.05) is 0 Å². The van der Waals surface area contributed by atoms with Crippen LogP contribution in [0.3, 0.4) is 0 Å². The highest BCUT2D eigenvalue weighted by molar-refractivity contribution is 6.17. The first-order valence-electron chi connectivity index (χ1n) is 3.01. The van der Waals surface area contributed by atoms with Crippen molar-refractivity contribution in [2.24, 2.45) is 7.05 Å². The summed E-state index contributed by atoms with van der Waals surface area (Å²) in [5.74, 6) is 0.166. The van der Waals surface area contributed by atoms with Crippen LogP contribution in [0.1, 0.15) is 5.69 Å². The number of alkyl halides is 1. The average Bonchev–Trinajstić information content (AvgIpc) is 2.30. The Bertz CT molecular complexity index is 282. The molecule has 5 heteroatoms. The number of rotatable bonds is 2. The molecule has 0 aromatic carbocycles. The number of hydrogen-bond acceptors (Lipinski definition) is 2. The Kier molecular flexibility index (Phi) is 2.14. The summed E-state index contributed by atoms with van der Waals surface area (Å²) in [4.78, 5) is 9.89. The Morgan fingerprint density at radius 2 is 2.45 bits per heavy atom. The van der Waals surface area contributed by atoms with Crippen LogP contribution in [-0.2, 0) is 12.9 Å². The minimum absolute atomic E-state index is 0.0856. The van der Waals surface area contributed by atoms with Crippen LogP contribution in [0.15, 0.2) is 12.3 Å². The first kappa shape index (κ1) is 8.07. The van der Waals surface area contributed by atoms with Crippen LogP contribution in [0.2, 0.25) is 0 Å². The SMILES string of the molecule is Cn1ccc([N+](=O)[O-])c1CCl. The molecule has 1 heterocycles. The van der Waals surface area contributed by atoms with E-state index in [2.05, 4.69) is 0 Å². The smallest absolute Gasteiger partial charge is 0.291 e. The van der Waals surface area contributed by atoms with E-state index in [1.165, 1.54) is 6.07 Å². The van der Waals surface area contributed by atoms with Crippen molar-refractivity contribution in [3.63, 3.8) is 0 Å². The lowest BCUT2D eigenvalue weighted by Gasteiger charge is -1.95. The molecule has 1 aromatic heterocycles. The summed E-state index contributed by atoms with van der Waals surface area (Å²) in [6.07, 6.45) is 1.62. The maximum atomic E-state index is 10.3. The third-order valence-corrected chi connectivity index (χ3v) is 1.75. The minimum atomic E-state index is -0.433. The number of hydrogen-bond donors (Lipinski definition) is 0. The van der Waals surface area contributed by atoms with Crippen LogP contribution in [0, 0.1) is 10.1 Å². The molecular formula is C6H7ClN2O2. The molecule has 0 radical (unpaired) electrons. The zero-order valence-corrected chi connectivity index (χ0v) is 6.71. The molecule has 1 rings (SSSR count). The molecule has 11 heavy (non-hydrogen) atoms. The summed E-state index contributed by atoms with van der Waals surface area (Å²) < 4.78 is 1.64. The molecule has 60 valence electrons. The van der Waals surface area contributed by atoms with E-state index in [9.17, 15) is 10.1 Å². The van der Waals surface area contributed by atoms with E-state index in [0.29, 0.717) is 5.69 Å².